The Hall–Kier alpha value is -0.473. The number of hydrogen-bond donors (Lipinski definition) is 0. The van der Waals surface area contributed by atoms with Crippen molar-refractivity contribution >= 4 is 14.8 Å². The van der Waals surface area contributed by atoms with Crippen molar-refractivity contribution in [2.24, 2.45) is 0 Å². The zero-order valence-corrected chi connectivity index (χ0v) is 14.4. The summed E-state index contributed by atoms with van der Waals surface area (Å²) in [7, 11) is 0.566. The number of hydrogen-bond acceptors (Lipinski definition) is 6. The molecule has 0 aliphatic carbocycles. The summed E-state index contributed by atoms with van der Waals surface area (Å²) < 4.78 is 27.1. The van der Waals surface area contributed by atoms with E-state index in [0.717, 1.165) is 6.42 Å². The maximum absolute atomic E-state index is 11.3. The lowest BCUT2D eigenvalue weighted by atomic mass is 10.3. The molecule has 7 heteroatoms. The van der Waals surface area contributed by atoms with Crippen LogP contribution in [-0.4, -0.2) is 48.0 Å². The predicted molar refractivity (Wildman–Crippen MR) is 77.2 cm³/mol. The monoisotopic (exact) mass is 308 g/mol. The van der Waals surface area contributed by atoms with Crippen LogP contribution in [0.1, 0.15) is 40.0 Å². The van der Waals surface area contributed by atoms with Gasteiger partial charge in [-0.05, 0) is 6.42 Å². The van der Waals surface area contributed by atoms with Crippen LogP contribution < -0.4 is 0 Å². The normalized spacial score (nSPS) is 14.9. The van der Waals surface area contributed by atoms with Crippen molar-refractivity contribution < 1.29 is 27.5 Å². The van der Waals surface area contributed by atoms with E-state index >= 15 is 0 Å². The van der Waals surface area contributed by atoms with Crippen LogP contribution in [0.2, 0.25) is 6.55 Å². The van der Waals surface area contributed by atoms with Crippen LogP contribution in [0.5, 0.6) is 0 Å². The molecule has 0 radical (unpaired) electrons. The highest BCUT2D eigenvalue weighted by Crippen LogP contribution is 2.13. The van der Waals surface area contributed by atoms with Gasteiger partial charge in [-0.3, -0.25) is 4.79 Å². The largest absolute Gasteiger partial charge is 0.497 e. The molecule has 0 fully saturated rings. The molecule has 0 aromatic heterocycles. The molecule has 0 rings (SSSR count). The minimum absolute atomic E-state index is 0.165. The van der Waals surface area contributed by atoms with Crippen LogP contribution in [0.15, 0.2) is 0 Å². The van der Waals surface area contributed by atoms with Gasteiger partial charge < -0.3 is 22.8 Å². The summed E-state index contributed by atoms with van der Waals surface area (Å²) in [5, 5.41) is 0. The maximum Gasteiger partial charge on any atom is 0.497 e. The number of esters is 1. The molecule has 20 heavy (non-hydrogen) atoms. The van der Waals surface area contributed by atoms with Crippen LogP contribution in [0.4, 0.5) is 0 Å². The van der Waals surface area contributed by atoms with E-state index in [1.807, 2.05) is 20.4 Å². The standard InChI is InChI=1S/C13H28O6Si/c1-7-11(10-17-20(6,15-4)16-5)18-13(9-3)19-12(14)8-2/h11,13H,7-10H2,1-6H3. The molecule has 2 unspecified atom stereocenters. The molecule has 0 spiro atoms. The SMILES string of the molecule is CCC(=O)OC(CC)OC(CC)CO[Si](C)(OC)OC. The lowest BCUT2D eigenvalue weighted by Crippen LogP contribution is -2.43. The Labute approximate surface area is 123 Å². The van der Waals surface area contributed by atoms with E-state index < -0.39 is 15.1 Å². The first kappa shape index (κ1) is 19.5. The van der Waals surface area contributed by atoms with Gasteiger partial charge >= 0.3 is 14.8 Å². The number of carbonyl (C=O) groups excluding carboxylic acids is 1. The summed E-state index contributed by atoms with van der Waals surface area (Å²) in [6.07, 6.45) is 0.991. The predicted octanol–water partition coefficient (Wildman–Crippen LogP) is 2.35. The molecule has 0 aliphatic rings. The fourth-order valence-electron chi connectivity index (χ4n) is 1.35. The average Bonchev–Trinajstić information content (AvgIpc) is 2.49. The summed E-state index contributed by atoms with van der Waals surface area (Å²) in [6.45, 7) is 7.81. The van der Waals surface area contributed by atoms with Crippen LogP contribution in [0, 0.1) is 0 Å². The van der Waals surface area contributed by atoms with Gasteiger partial charge in [0.15, 0.2) is 0 Å². The first-order valence-electron chi connectivity index (χ1n) is 7.03. The quantitative estimate of drug-likeness (QED) is 0.332. The summed E-state index contributed by atoms with van der Waals surface area (Å²) in [5.74, 6) is -0.263. The highest BCUT2D eigenvalue weighted by molar-refractivity contribution is 6.59. The molecule has 0 aromatic rings. The fraction of sp³-hybridized carbons (Fsp3) is 0.923. The van der Waals surface area contributed by atoms with E-state index in [9.17, 15) is 4.79 Å². The van der Waals surface area contributed by atoms with Crippen molar-refractivity contribution in [2.75, 3.05) is 20.8 Å². The van der Waals surface area contributed by atoms with Crippen molar-refractivity contribution in [3.05, 3.63) is 0 Å². The number of rotatable bonds is 11. The Morgan fingerprint density at radius 3 is 2.10 bits per heavy atom. The molecule has 0 amide bonds. The van der Waals surface area contributed by atoms with Crippen molar-refractivity contribution in [3.63, 3.8) is 0 Å². The van der Waals surface area contributed by atoms with Crippen LogP contribution in [0.25, 0.3) is 0 Å². The van der Waals surface area contributed by atoms with Crippen LogP contribution in [0.3, 0.4) is 0 Å². The molecule has 0 N–H and O–H groups in total. The zero-order valence-electron chi connectivity index (χ0n) is 13.4. The van der Waals surface area contributed by atoms with E-state index in [-0.39, 0.29) is 12.1 Å². The highest BCUT2D eigenvalue weighted by Gasteiger charge is 2.33. The van der Waals surface area contributed by atoms with Gasteiger partial charge in [-0.1, -0.05) is 20.8 Å². The van der Waals surface area contributed by atoms with Crippen LogP contribution >= 0.6 is 0 Å². The van der Waals surface area contributed by atoms with Crippen LogP contribution in [-0.2, 0) is 27.5 Å². The van der Waals surface area contributed by atoms with Crippen molar-refractivity contribution in [2.45, 2.75) is 59.0 Å². The van der Waals surface area contributed by atoms with Crippen molar-refractivity contribution in [1.82, 2.24) is 0 Å². The molecular formula is C13H28O6Si. The van der Waals surface area contributed by atoms with E-state index in [0.29, 0.717) is 19.4 Å². The second-order valence-electron chi connectivity index (χ2n) is 4.43. The van der Waals surface area contributed by atoms with Gasteiger partial charge in [0.1, 0.15) is 0 Å². The average molecular weight is 308 g/mol. The number of carbonyl (C=O) groups is 1. The molecule has 0 saturated carbocycles. The Balaban J connectivity index is 4.34. The minimum atomic E-state index is -2.56. The molecule has 0 aliphatic heterocycles. The topological polar surface area (TPSA) is 63.2 Å². The smallest absolute Gasteiger partial charge is 0.436 e. The van der Waals surface area contributed by atoms with Gasteiger partial charge in [-0.2, -0.15) is 0 Å². The second-order valence-corrected chi connectivity index (χ2v) is 7.26. The van der Waals surface area contributed by atoms with Gasteiger partial charge in [0.2, 0.25) is 6.29 Å². The first-order valence-corrected chi connectivity index (χ1v) is 9.26. The molecule has 2 atom stereocenters. The minimum Gasteiger partial charge on any atom is -0.436 e. The second kappa shape index (κ2) is 10.3. The Kier molecular flexibility index (Phi) is 10.0. The van der Waals surface area contributed by atoms with Crippen molar-refractivity contribution in [3.8, 4) is 0 Å². The molecule has 0 bridgehead atoms. The van der Waals surface area contributed by atoms with E-state index in [4.69, 9.17) is 22.8 Å². The molecule has 0 saturated heterocycles. The Morgan fingerprint density at radius 2 is 1.70 bits per heavy atom. The number of ether oxygens (including phenoxy) is 2. The lowest BCUT2D eigenvalue weighted by molar-refractivity contribution is -0.194. The first-order chi connectivity index (χ1) is 9.44. The molecular weight excluding hydrogens is 280 g/mol. The summed E-state index contributed by atoms with van der Waals surface area (Å²) in [4.78, 5) is 11.3. The van der Waals surface area contributed by atoms with Gasteiger partial charge in [0.25, 0.3) is 0 Å². The fourth-order valence-corrected chi connectivity index (χ4v) is 2.24. The lowest BCUT2D eigenvalue weighted by Gasteiger charge is -2.27. The van der Waals surface area contributed by atoms with E-state index in [1.54, 1.807) is 21.1 Å². The van der Waals surface area contributed by atoms with Crippen molar-refractivity contribution in [1.29, 1.82) is 0 Å². The van der Waals surface area contributed by atoms with Gasteiger partial charge in [-0.25, -0.2) is 0 Å². The molecule has 6 nitrogen and oxygen atoms in total. The summed E-state index contributed by atoms with van der Waals surface area (Å²) in [6, 6.07) is 0. The zero-order chi connectivity index (χ0) is 15.6. The third-order valence-corrected chi connectivity index (χ3v) is 5.13. The Morgan fingerprint density at radius 1 is 1.10 bits per heavy atom. The van der Waals surface area contributed by atoms with Gasteiger partial charge in [-0.15, -0.1) is 0 Å². The molecule has 0 heterocycles. The van der Waals surface area contributed by atoms with E-state index in [1.165, 1.54) is 0 Å². The third kappa shape index (κ3) is 7.35. The Bertz CT molecular complexity index is 270. The van der Waals surface area contributed by atoms with E-state index in [2.05, 4.69) is 0 Å². The maximum atomic E-state index is 11.3. The molecule has 120 valence electrons. The van der Waals surface area contributed by atoms with Gasteiger partial charge in [0.05, 0.1) is 12.7 Å². The third-order valence-electron chi connectivity index (χ3n) is 2.96. The highest BCUT2D eigenvalue weighted by atomic mass is 28.4. The molecule has 0 aromatic carbocycles. The summed E-state index contributed by atoms with van der Waals surface area (Å²) in [5.41, 5.74) is 0. The summed E-state index contributed by atoms with van der Waals surface area (Å²) >= 11 is 0. The van der Waals surface area contributed by atoms with Gasteiger partial charge in [0, 0.05) is 33.6 Å².